The summed E-state index contributed by atoms with van der Waals surface area (Å²) < 4.78 is 23.2. The number of hydrogen-bond donors (Lipinski definition) is 1. The van der Waals surface area contributed by atoms with Gasteiger partial charge in [0.25, 0.3) is 0 Å². The maximum Gasteiger partial charge on any atom is 0.228 e. The third-order valence-electron chi connectivity index (χ3n) is 4.93. The Labute approximate surface area is 143 Å². The number of nitrogens with one attached hydrogen (secondary N) is 1. The van der Waals surface area contributed by atoms with Crippen molar-refractivity contribution in [2.24, 2.45) is 5.92 Å². The first-order valence-corrected chi connectivity index (χ1v) is 10.4. The lowest BCUT2D eigenvalue weighted by molar-refractivity contribution is -0.119. The summed E-state index contributed by atoms with van der Waals surface area (Å²) in [7, 11) is -3.05. The van der Waals surface area contributed by atoms with Crippen molar-refractivity contribution in [1.82, 2.24) is 4.90 Å². The molecule has 1 N–H and O–H groups in total. The molecule has 1 amide bonds. The van der Waals surface area contributed by atoms with Gasteiger partial charge in [-0.25, -0.2) is 8.42 Å². The Morgan fingerprint density at radius 2 is 1.92 bits per heavy atom. The molecule has 1 aromatic carbocycles. The van der Waals surface area contributed by atoms with Crippen molar-refractivity contribution in [1.29, 1.82) is 0 Å². The molecule has 7 heteroatoms. The highest BCUT2D eigenvalue weighted by atomic mass is 32.2. The molecule has 3 rings (SSSR count). The zero-order valence-electron chi connectivity index (χ0n) is 14.1. The topological polar surface area (TPSA) is 69.7 Å². The fourth-order valence-electron chi connectivity index (χ4n) is 3.40. The molecule has 0 spiro atoms. The predicted molar refractivity (Wildman–Crippen MR) is 96.2 cm³/mol. The second-order valence-corrected chi connectivity index (χ2v) is 8.76. The maximum absolute atomic E-state index is 12.4. The van der Waals surface area contributed by atoms with Crippen LogP contribution in [0.1, 0.15) is 13.3 Å². The number of para-hydroxylation sites is 2. The number of hydrogen-bond acceptors (Lipinski definition) is 5. The predicted octanol–water partition coefficient (Wildman–Crippen LogP) is 1.20. The molecule has 132 valence electrons. The molecule has 2 aliphatic rings. The number of sulfone groups is 1. The highest BCUT2D eigenvalue weighted by molar-refractivity contribution is 7.91. The van der Waals surface area contributed by atoms with Crippen molar-refractivity contribution in [3.63, 3.8) is 0 Å². The van der Waals surface area contributed by atoms with Crippen molar-refractivity contribution < 1.29 is 13.2 Å². The second-order valence-electron chi connectivity index (χ2n) is 6.53. The average Bonchev–Trinajstić information content (AvgIpc) is 2.96. The summed E-state index contributed by atoms with van der Waals surface area (Å²) in [5.41, 5.74) is 1.79. The fraction of sp³-hybridized carbons (Fsp3) is 0.588. The first kappa shape index (κ1) is 17.2. The molecule has 2 saturated heterocycles. The molecule has 2 aliphatic heterocycles. The van der Waals surface area contributed by atoms with E-state index in [1.54, 1.807) is 0 Å². The number of anilines is 2. The molecule has 1 atom stereocenters. The van der Waals surface area contributed by atoms with E-state index in [0.717, 1.165) is 44.1 Å². The van der Waals surface area contributed by atoms with Crippen molar-refractivity contribution >= 4 is 27.1 Å². The minimum Gasteiger partial charge on any atom is -0.367 e. The summed E-state index contributed by atoms with van der Waals surface area (Å²) in [5.74, 6) is -0.530. The van der Waals surface area contributed by atoms with Gasteiger partial charge in [0, 0.05) is 26.2 Å². The van der Waals surface area contributed by atoms with Crippen LogP contribution in [0.3, 0.4) is 0 Å². The minimum atomic E-state index is -3.05. The van der Waals surface area contributed by atoms with E-state index in [1.165, 1.54) is 0 Å². The molecule has 0 aliphatic carbocycles. The lowest BCUT2D eigenvalue weighted by atomic mass is 10.1. The van der Waals surface area contributed by atoms with Crippen LogP contribution in [0.15, 0.2) is 24.3 Å². The lowest BCUT2D eigenvalue weighted by Crippen LogP contribution is -2.46. The summed E-state index contributed by atoms with van der Waals surface area (Å²) in [6.45, 7) is 7.11. The van der Waals surface area contributed by atoms with E-state index in [-0.39, 0.29) is 17.4 Å². The third kappa shape index (κ3) is 3.89. The summed E-state index contributed by atoms with van der Waals surface area (Å²) in [6, 6.07) is 7.77. The molecular weight excluding hydrogens is 326 g/mol. The van der Waals surface area contributed by atoms with Crippen LogP contribution in [0.2, 0.25) is 0 Å². The Balaban J connectivity index is 1.69. The highest BCUT2D eigenvalue weighted by Gasteiger charge is 2.33. The zero-order valence-corrected chi connectivity index (χ0v) is 14.9. The molecule has 2 fully saturated rings. The van der Waals surface area contributed by atoms with Gasteiger partial charge in [-0.1, -0.05) is 19.1 Å². The number of amides is 1. The van der Waals surface area contributed by atoms with Crippen LogP contribution in [-0.4, -0.2) is 63.5 Å². The molecule has 6 nitrogen and oxygen atoms in total. The Bertz CT molecular complexity index is 697. The van der Waals surface area contributed by atoms with Gasteiger partial charge < -0.3 is 15.1 Å². The van der Waals surface area contributed by atoms with Crippen molar-refractivity contribution in [3.8, 4) is 0 Å². The molecule has 0 radical (unpaired) electrons. The van der Waals surface area contributed by atoms with Gasteiger partial charge in [-0.15, -0.1) is 0 Å². The van der Waals surface area contributed by atoms with E-state index >= 15 is 0 Å². The van der Waals surface area contributed by atoms with E-state index < -0.39 is 15.8 Å². The van der Waals surface area contributed by atoms with Gasteiger partial charge in [-0.3, -0.25) is 4.79 Å². The molecule has 1 unspecified atom stereocenters. The maximum atomic E-state index is 12.4. The van der Waals surface area contributed by atoms with Gasteiger partial charge in [-0.2, -0.15) is 0 Å². The van der Waals surface area contributed by atoms with Crippen LogP contribution in [0.4, 0.5) is 11.4 Å². The normalized spacial score (nSPS) is 24.0. The summed E-state index contributed by atoms with van der Waals surface area (Å²) >= 11 is 0. The third-order valence-corrected chi connectivity index (χ3v) is 6.69. The average molecular weight is 351 g/mol. The van der Waals surface area contributed by atoms with Crippen molar-refractivity contribution in [3.05, 3.63) is 24.3 Å². The van der Waals surface area contributed by atoms with Crippen LogP contribution < -0.4 is 10.2 Å². The number of carbonyl (C=O) groups is 1. The number of benzene rings is 1. The molecule has 0 aromatic heterocycles. The van der Waals surface area contributed by atoms with E-state index in [2.05, 4.69) is 22.0 Å². The number of piperazine rings is 1. The number of likely N-dealkylation sites (N-methyl/N-ethyl adjacent to an activating group) is 1. The van der Waals surface area contributed by atoms with Gasteiger partial charge in [0.2, 0.25) is 5.91 Å². The van der Waals surface area contributed by atoms with Crippen LogP contribution in [0.25, 0.3) is 0 Å². The Kier molecular flexibility index (Phi) is 5.10. The van der Waals surface area contributed by atoms with Gasteiger partial charge in [0.1, 0.15) is 0 Å². The van der Waals surface area contributed by atoms with Gasteiger partial charge in [0.05, 0.1) is 28.8 Å². The Hall–Kier alpha value is -1.60. The van der Waals surface area contributed by atoms with E-state index in [9.17, 15) is 13.2 Å². The first-order chi connectivity index (χ1) is 11.5. The highest BCUT2D eigenvalue weighted by Crippen LogP contribution is 2.28. The Morgan fingerprint density at radius 1 is 1.21 bits per heavy atom. The standard InChI is InChI=1S/C17H25N3O3S/c1-2-19-8-10-20(11-9-19)16-6-4-3-5-15(16)18-17(21)14-7-12-24(22,23)13-14/h3-6,14H,2,7-13H2,1H3,(H,18,21). The fourth-order valence-corrected chi connectivity index (χ4v) is 5.14. The van der Waals surface area contributed by atoms with Crippen LogP contribution >= 0.6 is 0 Å². The van der Waals surface area contributed by atoms with E-state index in [4.69, 9.17) is 0 Å². The number of rotatable bonds is 4. The number of nitrogens with zero attached hydrogens (tertiary/aromatic N) is 2. The van der Waals surface area contributed by atoms with Crippen molar-refractivity contribution in [2.75, 3.05) is 54.4 Å². The monoisotopic (exact) mass is 351 g/mol. The molecular formula is C17H25N3O3S. The number of carbonyl (C=O) groups excluding carboxylic acids is 1. The van der Waals surface area contributed by atoms with E-state index in [0.29, 0.717) is 6.42 Å². The largest absolute Gasteiger partial charge is 0.367 e. The lowest BCUT2D eigenvalue weighted by Gasteiger charge is -2.36. The zero-order chi connectivity index (χ0) is 17.2. The van der Waals surface area contributed by atoms with Gasteiger partial charge in [0.15, 0.2) is 9.84 Å². The van der Waals surface area contributed by atoms with Gasteiger partial charge >= 0.3 is 0 Å². The minimum absolute atomic E-state index is 0.0316. The SMILES string of the molecule is CCN1CCN(c2ccccc2NC(=O)C2CCS(=O)(=O)C2)CC1. The smallest absolute Gasteiger partial charge is 0.228 e. The molecule has 24 heavy (non-hydrogen) atoms. The van der Waals surface area contributed by atoms with E-state index in [1.807, 2.05) is 24.3 Å². The summed E-state index contributed by atoms with van der Waals surface area (Å²) in [6.07, 6.45) is 0.422. The molecule has 0 bridgehead atoms. The summed E-state index contributed by atoms with van der Waals surface area (Å²) in [4.78, 5) is 17.1. The van der Waals surface area contributed by atoms with Crippen LogP contribution in [0.5, 0.6) is 0 Å². The van der Waals surface area contributed by atoms with Gasteiger partial charge in [-0.05, 0) is 25.1 Å². The Morgan fingerprint density at radius 3 is 2.54 bits per heavy atom. The molecule has 1 aromatic rings. The first-order valence-electron chi connectivity index (χ1n) is 8.56. The molecule has 0 saturated carbocycles. The molecule has 2 heterocycles. The summed E-state index contributed by atoms with van der Waals surface area (Å²) in [5, 5.41) is 2.95. The quantitative estimate of drug-likeness (QED) is 0.883. The van der Waals surface area contributed by atoms with Crippen LogP contribution in [-0.2, 0) is 14.6 Å². The second kappa shape index (κ2) is 7.11. The van der Waals surface area contributed by atoms with Crippen LogP contribution in [0, 0.1) is 5.92 Å². The van der Waals surface area contributed by atoms with Crippen molar-refractivity contribution in [2.45, 2.75) is 13.3 Å².